The highest BCUT2D eigenvalue weighted by molar-refractivity contribution is 5.91. The van der Waals surface area contributed by atoms with E-state index in [2.05, 4.69) is 5.16 Å². The van der Waals surface area contributed by atoms with Gasteiger partial charge in [0.1, 0.15) is 0 Å². The minimum atomic E-state index is -0.785. The molecule has 7 nitrogen and oxygen atoms in total. The summed E-state index contributed by atoms with van der Waals surface area (Å²) in [6, 6.07) is 1.52. The highest BCUT2D eigenvalue weighted by atomic mass is 16.5. The normalized spacial score (nSPS) is 11.9. The molecule has 0 spiro atoms. The second-order valence-corrected chi connectivity index (χ2v) is 4.64. The number of carbonyl (C=O) groups is 1. The highest BCUT2D eigenvalue weighted by Gasteiger charge is 2.18. The fourth-order valence-corrected chi connectivity index (χ4v) is 1.55. The maximum Gasteiger partial charge on any atom is 0.287 e. The van der Waals surface area contributed by atoms with Crippen molar-refractivity contribution in [1.29, 1.82) is 0 Å². The third-order valence-electron chi connectivity index (χ3n) is 2.01. The zero-order valence-electron chi connectivity index (χ0n) is 10.2. The molecule has 0 bridgehead atoms. The van der Waals surface area contributed by atoms with Crippen molar-refractivity contribution in [3.05, 3.63) is 17.5 Å². The van der Waals surface area contributed by atoms with Crippen molar-refractivity contribution in [3.63, 3.8) is 0 Å². The molecule has 4 N–H and O–H groups in total. The number of rotatable bonds is 5. The molecule has 0 aliphatic rings. The number of aromatic nitrogens is 1. The van der Waals surface area contributed by atoms with Gasteiger partial charge in [0.25, 0.3) is 5.91 Å². The molecule has 0 radical (unpaired) electrons. The van der Waals surface area contributed by atoms with Gasteiger partial charge in [0.05, 0.1) is 12.1 Å². The number of nitrogens with one attached hydrogen (secondary N) is 1. The van der Waals surface area contributed by atoms with E-state index in [0.717, 1.165) is 0 Å². The van der Waals surface area contributed by atoms with E-state index in [1.165, 1.54) is 6.07 Å². The number of carbonyl (C=O) groups excluding carboxylic acids is 1. The Morgan fingerprint density at radius 2 is 2.35 bits per heavy atom. The fraction of sp³-hybridized carbons (Fsp3) is 0.600. The van der Waals surface area contributed by atoms with Crippen molar-refractivity contribution in [1.82, 2.24) is 15.5 Å². The minimum Gasteiger partial charge on any atom is -0.389 e. The van der Waals surface area contributed by atoms with E-state index in [0.29, 0.717) is 18.8 Å². The summed E-state index contributed by atoms with van der Waals surface area (Å²) in [7, 11) is 1.84. The van der Waals surface area contributed by atoms with E-state index in [-0.39, 0.29) is 5.69 Å². The van der Waals surface area contributed by atoms with E-state index in [9.17, 15) is 9.90 Å². The summed E-state index contributed by atoms with van der Waals surface area (Å²) >= 11 is 0. The van der Waals surface area contributed by atoms with Crippen LogP contribution in [0.3, 0.4) is 0 Å². The lowest BCUT2D eigenvalue weighted by molar-refractivity contribution is 0.0402. The third kappa shape index (κ3) is 4.51. The van der Waals surface area contributed by atoms with Gasteiger partial charge in [-0.3, -0.25) is 15.1 Å². The first-order valence-corrected chi connectivity index (χ1v) is 5.19. The molecule has 1 heterocycles. The van der Waals surface area contributed by atoms with Crippen LogP contribution in [0.25, 0.3) is 0 Å². The van der Waals surface area contributed by atoms with E-state index in [4.69, 9.17) is 10.4 Å². The molecule has 96 valence electrons. The number of hydrazine groups is 1. The first-order valence-electron chi connectivity index (χ1n) is 5.19. The molecule has 1 aromatic rings. The van der Waals surface area contributed by atoms with Gasteiger partial charge < -0.3 is 9.63 Å². The van der Waals surface area contributed by atoms with Gasteiger partial charge in [-0.15, -0.1) is 0 Å². The first kappa shape index (κ1) is 13.6. The Bertz CT molecular complexity index is 383. The lowest BCUT2D eigenvalue weighted by atomic mass is 10.1. The minimum absolute atomic E-state index is 0.138. The Labute approximate surface area is 99.5 Å². The number of nitrogen functional groups attached to an aromatic ring is 1. The van der Waals surface area contributed by atoms with Gasteiger partial charge in [-0.05, 0) is 20.9 Å². The molecule has 0 aliphatic carbocycles. The molecule has 1 aromatic heterocycles. The number of likely N-dealkylation sites (N-methyl/N-ethyl adjacent to an activating group) is 1. The van der Waals surface area contributed by atoms with Gasteiger partial charge in [-0.2, -0.15) is 0 Å². The second-order valence-electron chi connectivity index (χ2n) is 4.64. The van der Waals surface area contributed by atoms with Crippen LogP contribution in [0, 0.1) is 0 Å². The van der Waals surface area contributed by atoms with E-state index >= 15 is 0 Å². The lowest BCUT2D eigenvalue weighted by Crippen LogP contribution is -2.35. The van der Waals surface area contributed by atoms with Crippen LogP contribution in [0.4, 0.5) is 0 Å². The van der Waals surface area contributed by atoms with Gasteiger partial charge in [0, 0.05) is 12.6 Å². The Hall–Kier alpha value is -1.44. The van der Waals surface area contributed by atoms with Crippen LogP contribution in [-0.2, 0) is 6.54 Å². The Balaban J connectivity index is 2.57. The zero-order valence-corrected chi connectivity index (χ0v) is 10.2. The summed E-state index contributed by atoms with van der Waals surface area (Å²) in [6.45, 7) is 4.37. The SMILES string of the molecule is CN(Cc1cc(C(=O)NN)no1)CC(C)(C)O. The number of nitrogens with two attached hydrogens (primary N) is 1. The predicted molar refractivity (Wildman–Crippen MR) is 60.8 cm³/mol. The van der Waals surface area contributed by atoms with Crippen molar-refractivity contribution in [3.8, 4) is 0 Å². The largest absolute Gasteiger partial charge is 0.389 e. The summed E-state index contributed by atoms with van der Waals surface area (Å²) in [5.41, 5.74) is 1.32. The molecule has 0 saturated carbocycles. The van der Waals surface area contributed by atoms with E-state index in [1.807, 2.05) is 17.4 Å². The maximum absolute atomic E-state index is 11.1. The number of aliphatic hydroxyl groups is 1. The molecule has 0 aliphatic heterocycles. The van der Waals surface area contributed by atoms with Crippen molar-refractivity contribution in [2.45, 2.75) is 26.0 Å². The second kappa shape index (κ2) is 5.26. The topological polar surface area (TPSA) is 105 Å². The molecule has 17 heavy (non-hydrogen) atoms. The van der Waals surface area contributed by atoms with Gasteiger partial charge in [-0.1, -0.05) is 5.16 Å². The van der Waals surface area contributed by atoms with Crippen molar-refractivity contribution in [2.24, 2.45) is 5.84 Å². The van der Waals surface area contributed by atoms with Gasteiger partial charge in [-0.25, -0.2) is 5.84 Å². The molecular formula is C10H18N4O3. The van der Waals surface area contributed by atoms with Crippen LogP contribution in [0.1, 0.15) is 30.1 Å². The number of hydrogen-bond donors (Lipinski definition) is 3. The standard InChI is InChI=1S/C10H18N4O3/c1-10(2,16)6-14(3)5-7-4-8(13-17-7)9(15)12-11/h4,16H,5-6,11H2,1-3H3,(H,12,15). The summed E-state index contributed by atoms with van der Waals surface area (Å²) in [5.74, 6) is 5.02. The van der Waals surface area contributed by atoms with Crippen LogP contribution >= 0.6 is 0 Å². The van der Waals surface area contributed by atoms with Crippen LogP contribution < -0.4 is 11.3 Å². The smallest absolute Gasteiger partial charge is 0.287 e. The molecule has 0 unspecified atom stereocenters. The Morgan fingerprint density at radius 3 is 2.88 bits per heavy atom. The molecule has 0 fully saturated rings. The molecular weight excluding hydrogens is 224 g/mol. The predicted octanol–water partition coefficient (Wildman–Crippen LogP) is -0.519. The quantitative estimate of drug-likeness (QED) is 0.364. The maximum atomic E-state index is 11.1. The average Bonchev–Trinajstić information content (AvgIpc) is 2.62. The van der Waals surface area contributed by atoms with Crippen molar-refractivity contribution >= 4 is 5.91 Å². The third-order valence-corrected chi connectivity index (χ3v) is 2.01. The Morgan fingerprint density at radius 1 is 1.71 bits per heavy atom. The van der Waals surface area contributed by atoms with Crippen LogP contribution in [0.2, 0.25) is 0 Å². The van der Waals surface area contributed by atoms with Crippen molar-refractivity contribution < 1.29 is 14.4 Å². The van der Waals surface area contributed by atoms with Crippen LogP contribution in [-0.4, -0.2) is 40.3 Å². The van der Waals surface area contributed by atoms with E-state index < -0.39 is 11.5 Å². The zero-order chi connectivity index (χ0) is 13.1. The van der Waals surface area contributed by atoms with Crippen molar-refractivity contribution in [2.75, 3.05) is 13.6 Å². The summed E-state index contributed by atoms with van der Waals surface area (Å²) in [5, 5.41) is 13.2. The summed E-state index contributed by atoms with van der Waals surface area (Å²) in [4.78, 5) is 13.0. The van der Waals surface area contributed by atoms with Gasteiger partial charge in [0.2, 0.25) is 0 Å². The summed E-state index contributed by atoms with van der Waals surface area (Å²) in [6.07, 6.45) is 0. The molecule has 1 rings (SSSR count). The monoisotopic (exact) mass is 242 g/mol. The molecule has 1 amide bonds. The van der Waals surface area contributed by atoms with Gasteiger partial charge >= 0.3 is 0 Å². The van der Waals surface area contributed by atoms with Gasteiger partial charge in [0.15, 0.2) is 11.5 Å². The molecule has 7 heteroatoms. The molecule has 0 aromatic carbocycles. The number of hydrogen-bond acceptors (Lipinski definition) is 6. The lowest BCUT2D eigenvalue weighted by Gasteiger charge is -2.24. The van der Waals surface area contributed by atoms with E-state index in [1.54, 1.807) is 13.8 Å². The Kier molecular flexibility index (Phi) is 4.22. The number of nitrogens with zero attached hydrogens (tertiary/aromatic N) is 2. The first-order chi connectivity index (χ1) is 7.81. The van der Waals surface area contributed by atoms with Crippen LogP contribution in [0.15, 0.2) is 10.6 Å². The average molecular weight is 242 g/mol. The molecule has 0 atom stereocenters. The summed E-state index contributed by atoms with van der Waals surface area (Å²) < 4.78 is 4.98. The fourth-order valence-electron chi connectivity index (χ4n) is 1.55. The highest BCUT2D eigenvalue weighted by Crippen LogP contribution is 2.09. The molecule has 0 saturated heterocycles. The van der Waals surface area contributed by atoms with Crippen LogP contribution in [0.5, 0.6) is 0 Å². The number of amides is 1.